The Morgan fingerprint density at radius 1 is 1.58 bits per heavy atom. The maximum atomic E-state index is 12.1. The second-order valence-electron chi connectivity index (χ2n) is 4.58. The Labute approximate surface area is 115 Å². The number of nitrogens with one attached hydrogen (secondary N) is 2. The zero-order chi connectivity index (χ0) is 13.2. The van der Waals surface area contributed by atoms with Crippen LogP contribution in [-0.2, 0) is 9.53 Å². The molecule has 1 aliphatic rings. The molecule has 2 unspecified atom stereocenters. The van der Waals surface area contributed by atoms with Crippen molar-refractivity contribution >= 4 is 33.1 Å². The van der Waals surface area contributed by atoms with Gasteiger partial charge in [-0.05, 0) is 24.6 Å². The number of benzene rings is 1. The minimum absolute atomic E-state index is 0.0107. The number of rotatable bonds is 3. The van der Waals surface area contributed by atoms with E-state index < -0.39 is 0 Å². The van der Waals surface area contributed by atoms with Gasteiger partial charge in [-0.15, -0.1) is 11.3 Å². The van der Waals surface area contributed by atoms with Crippen LogP contribution in [0.4, 0.5) is 5.69 Å². The summed E-state index contributed by atoms with van der Waals surface area (Å²) in [6.07, 6.45) is 0.838. The number of fused-ring (bicyclic) bond motifs is 1. The lowest BCUT2D eigenvalue weighted by molar-refractivity contribution is -0.118. The van der Waals surface area contributed by atoms with Gasteiger partial charge in [-0.25, -0.2) is 4.98 Å². The summed E-state index contributed by atoms with van der Waals surface area (Å²) in [6.45, 7) is 0.725. The molecule has 0 radical (unpaired) electrons. The standard InChI is InChI=1S/C13H15N3O2S/c1-18-9-5-11(14-6-9)13(17)16-8-2-3-10-12(4-8)19-7-15-10/h2-4,7,9,11,14H,5-6H2,1H3,(H,16,17). The predicted octanol–water partition coefficient (Wildman–Crippen LogP) is 1.61. The van der Waals surface area contributed by atoms with Gasteiger partial charge in [-0.3, -0.25) is 4.79 Å². The highest BCUT2D eigenvalue weighted by molar-refractivity contribution is 7.16. The molecule has 1 aliphatic heterocycles. The molecule has 2 atom stereocenters. The number of nitrogens with zero attached hydrogens (tertiary/aromatic N) is 1. The summed E-state index contributed by atoms with van der Waals surface area (Å²) in [5.41, 5.74) is 3.57. The van der Waals surface area contributed by atoms with E-state index in [1.165, 1.54) is 0 Å². The monoisotopic (exact) mass is 277 g/mol. The van der Waals surface area contributed by atoms with Crippen LogP contribution in [0.5, 0.6) is 0 Å². The number of hydrogen-bond donors (Lipinski definition) is 2. The van der Waals surface area contributed by atoms with E-state index in [0.717, 1.165) is 22.4 Å². The number of amides is 1. The molecule has 1 saturated heterocycles. The quantitative estimate of drug-likeness (QED) is 0.894. The molecular formula is C13H15N3O2S. The molecule has 19 heavy (non-hydrogen) atoms. The number of aromatic nitrogens is 1. The van der Waals surface area contributed by atoms with Gasteiger partial charge in [0.2, 0.25) is 5.91 Å². The summed E-state index contributed by atoms with van der Waals surface area (Å²) in [7, 11) is 1.67. The Morgan fingerprint density at radius 3 is 3.26 bits per heavy atom. The molecule has 1 aromatic heterocycles. The second kappa shape index (κ2) is 5.24. The first-order chi connectivity index (χ1) is 9.26. The molecule has 2 heterocycles. The number of methoxy groups -OCH3 is 1. The number of thiazole rings is 1. The van der Waals surface area contributed by atoms with Crippen molar-refractivity contribution in [3.63, 3.8) is 0 Å². The molecule has 0 aliphatic carbocycles. The van der Waals surface area contributed by atoms with Crippen molar-refractivity contribution in [1.29, 1.82) is 0 Å². The third kappa shape index (κ3) is 2.60. The lowest BCUT2D eigenvalue weighted by atomic mass is 10.2. The summed E-state index contributed by atoms with van der Waals surface area (Å²) in [6, 6.07) is 5.57. The van der Waals surface area contributed by atoms with Crippen molar-refractivity contribution in [3.05, 3.63) is 23.7 Å². The first-order valence-corrected chi connectivity index (χ1v) is 7.04. The SMILES string of the molecule is COC1CNC(C(=O)Nc2ccc3ncsc3c2)C1. The van der Waals surface area contributed by atoms with Crippen LogP contribution in [0.15, 0.2) is 23.7 Å². The zero-order valence-electron chi connectivity index (χ0n) is 10.6. The van der Waals surface area contributed by atoms with E-state index in [9.17, 15) is 4.79 Å². The van der Waals surface area contributed by atoms with E-state index in [4.69, 9.17) is 4.74 Å². The van der Waals surface area contributed by atoms with Crippen LogP contribution >= 0.6 is 11.3 Å². The van der Waals surface area contributed by atoms with Crippen LogP contribution in [0, 0.1) is 0 Å². The van der Waals surface area contributed by atoms with E-state index in [1.807, 2.05) is 18.2 Å². The average Bonchev–Trinajstić information content (AvgIpc) is 3.06. The van der Waals surface area contributed by atoms with E-state index in [1.54, 1.807) is 24.0 Å². The zero-order valence-corrected chi connectivity index (χ0v) is 11.4. The number of carbonyl (C=O) groups excluding carboxylic acids is 1. The fourth-order valence-electron chi connectivity index (χ4n) is 2.24. The third-order valence-electron chi connectivity index (χ3n) is 3.34. The van der Waals surface area contributed by atoms with Gasteiger partial charge in [0, 0.05) is 19.3 Å². The number of anilines is 1. The van der Waals surface area contributed by atoms with Gasteiger partial charge in [0.1, 0.15) is 0 Å². The van der Waals surface area contributed by atoms with Crippen molar-refractivity contribution in [3.8, 4) is 0 Å². The lowest BCUT2D eigenvalue weighted by Crippen LogP contribution is -2.35. The molecule has 0 saturated carbocycles. The first-order valence-electron chi connectivity index (χ1n) is 6.16. The second-order valence-corrected chi connectivity index (χ2v) is 5.46. The Balaban J connectivity index is 1.68. The first kappa shape index (κ1) is 12.5. The van der Waals surface area contributed by atoms with Crippen molar-refractivity contribution in [2.45, 2.75) is 18.6 Å². The Morgan fingerprint density at radius 2 is 2.47 bits per heavy atom. The predicted molar refractivity (Wildman–Crippen MR) is 75.5 cm³/mol. The van der Waals surface area contributed by atoms with Crippen molar-refractivity contribution in [1.82, 2.24) is 10.3 Å². The van der Waals surface area contributed by atoms with Crippen LogP contribution in [0.3, 0.4) is 0 Å². The molecular weight excluding hydrogens is 262 g/mol. The van der Waals surface area contributed by atoms with Gasteiger partial charge in [0.05, 0.1) is 27.9 Å². The van der Waals surface area contributed by atoms with Gasteiger partial charge >= 0.3 is 0 Å². The maximum Gasteiger partial charge on any atom is 0.241 e. The fraction of sp³-hybridized carbons (Fsp3) is 0.385. The van der Waals surface area contributed by atoms with Crippen LogP contribution in [0.2, 0.25) is 0 Å². The largest absolute Gasteiger partial charge is 0.380 e. The van der Waals surface area contributed by atoms with Crippen molar-refractivity contribution in [2.75, 3.05) is 19.0 Å². The Kier molecular flexibility index (Phi) is 3.46. The normalized spacial score (nSPS) is 22.8. The van der Waals surface area contributed by atoms with Crippen LogP contribution in [-0.4, -0.2) is 36.7 Å². The maximum absolute atomic E-state index is 12.1. The van der Waals surface area contributed by atoms with Gasteiger partial charge in [-0.2, -0.15) is 0 Å². The summed E-state index contributed by atoms with van der Waals surface area (Å²) in [4.78, 5) is 16.3. The van der Waals surface area contributed by atoms with Gasteiger partial charge in [0.25, 0.3) is 0 Å². The van der Waals surface area contributed by atoms with E-state index in [2.05, 4.69) is 15.6 Å². The Hall–Kier alpha value is -1.50. The topological polar surface area (TPSA) is 63.2 Å². The molecule has 0 spiro atoms. The molecule has 1 aromatic carbocycles. The van der Waals surface area contributed by atoms with E-state index in [-0.39, 0.29) is 18.1 Å². The molecule has 0 bridgehead atoms. The van der Waals surface area contributed by atoms with Crippen LogP contribution in [0.1, 0.15) is 6.42 Å². The highest BCUT2D eigenvalue weighted by Gasteiger charge is 2.29. The van der Waals surface area contributed by atoms with Crippen LogP contribution < -0.4 is 10.6 Å². The smallest absolute Gasteiger partial charge is 0.241 e. The van der Waals surface area contributed by atoms with Gasteiger partial charge < -0.3 is 15.4 Å². The van der Waals surface area contributed by atoms with Crippen molar-refractivity contribution in [2.24, 2.45) is 0 Å². The summed E-state index contributed by atoms with van der Waals surface area (Å²) in [5, 5.41) is 6.10. The lowest BCUT2D eigenvalue weighted by Gasteiger charge is -2.11. The molecule has 2 N–H and O–H groups in total. The van der Waals surface area contributed by atoms with E-state index >= 15 is 0 Å². The summed E-state index contributed by atoms with van der Waals surface area (Å²) in [5.74, 6) is -0.0107. The fourth-order valence-corrected chi connectivity index (χ4v) is 2.96. The minimum Gasteiger partial charge on any atom is -0.380 e. The Bertz CT molecular complexity index is 598. The average molecular weight is 277 g/mol. The summed E-state index contributed by atoms with van der Waals surface area (Å²) >= 11 is 1.57. The van der Waals surface area contributed by atoms with Crippen LogP contribution in [0.25, 0.3) is 10.2 Å². The third-order valence-corrected chi connectivity index (χ3v) is 4.13. The molecule has 5 nitrogen and oxygen atoms in total. The molecule has 6 heteroatoms. The molecule has 2 aromatic rings. The number of ether oxygens (including phenoxy) is 1. The van der Waals surface area contributed by atoms with E-state index in [0.29, 0.717) is 6.42 Å². The number of carbonyl (C=O) groups is 1. The van der Waals surface area contributed by atoms with Gasteiger partial charge in [-0.1, -0.05) is 0 Å². The highest BCUT2D eigenvalue weighted by atomic mass is 32.1. The highest BCUT2D eigenvalue weighted by Crippen LogP contribution is 2.22. The molecule has 3 rings (SSSR count). The molecule has 1 fully saturated rings. The van der Waals surface area contributed by atoms with Gasteiger partial charge in [0.15, 0.2) is 0 Å². The number of hydrogen-bond acceptors (Lipinski definition) is 5. The minimum atomic E-state index is -0.179. The molecule has 1 amide bonds. The summed E-state index contributed by atoms with van der Waals surface area (Å²) < 4.78 is 6.32. The van der Waals surface area contributed by atoms with Crippen molar-refractivity contribution < 1.29 is 9.53 Å². The molecule has 100 valence electrons.